The van der Waals surface area contributed by atoms with Crippen molar-refractivity contribution in [3.63, 3.8) is 0 Å². The van der Waals surface area contributed by atoms with Crippen LogP contribution in [-0.2, 0) is 22.6 Å². The zero-order valence-corrected chi connectivity index (χ0v) is 25.0. The Morgan fingerprint density at radius 1 is 0.951 bits per heavy atom. The van der Waals surface area contributed by atoms with Crippen LogP contribution >= 0.6 is 11.3 Å². The molecule has 8 heteroatoms. The molecular formula is C33H41N3O4S. The predicted octanol–water partition coefficient (Wildman–Crippen LogP) is 8.59. The SMILES string of the molecule is CCCCCCCCCCCc1noc(-c2cccc(C(CC)N(Cc3csc4ccccc34)C(=O)C(=O)O)c2)n1. The molecule has 7 nitrogen and oxygen atoms in total. The first-order valence-electron chi connectivity index (χ1n) is 14.9. The molecule has 0 bridgehead atoms. The van der Waals surface area contributed by atoms with Crippen LogP contribution in [0.1, 0.15) is 101 Å². The van der Waals surface area contributed by atoms with Crippen molar-refractivity contribution >= 4 is 33.3 Å². The summed E-state index contributed by atoms with van der Waals surface area (Å²) in [5.74, 6) is -1.24. The van der Waals surface area contributed by atoms with E-state index in [1.54, 1.807) is 11.3 Å². The minimum atomic E-state index is -1.46. The zero-order valence-electron chi connectivity index (χ0n) is 24.2. The van der Waals surface area contributed by atoms with Crippen molar-refractivity contribution in [3.05, 3.63) is 70.9 Å². The van der Waals surface area contributed by atoms with Crippen LogP contribution in [0.4, 0.5) is 0 Å². The number of unbranched alkanes of at least 4 members (excludes halogenated alkanes) is 8. The van der Waals surface area contributed by atoms with Gasteiger partial charge in [-0.05, 0) is 52.9 Å². The monoisotopic (exact) mass is 575 g/mol. The number of thiophene rings is 1. The highest BCUT2D eigenvalue weighted by Gasteiger charge is 2.30. The summed E-state index contributed by atoms with van der Waals surface area (Å²) in [6.07, 6.45) is 12.7. The second-order valence-electron chi connectivity index (χ2n) is 10.6. The molecule has 0 radical (unpaired) electrons. The van der Waals surface area contributed by atoms with Gasteiger partial charge in [0.2, 0.25) is 0 Å². The number of aryl methyl sites for hydroxylation is 1. The van der Waals surface area contributed by atoms with E-state index in [9.17, 15) is 14.7 Å². The molecule has 0 spiro atoms. The van der Waals surface area contributed by atoms with Gasteiger partial charge in [0.1, 0.15) is 0 Å². The van der Waals surface area contributed by atoms with Gasteiger partial charge in [-0.25, -0.2) is 4.79 Å². The van der Waals surface area contributed by atoms with Gasteiger partial charge in [0.15, 0.2) is 5.82 Å². The largest absolute Gasteiger partial charge is 0.474 e. The number of rotatable bonds is 16. The number of benzene rings is 2. The Balaban J connectivity index is 1.42. The topological polar surface area (TPSA) is 96.5 Å². The summed E-state index contributed by atoms with van der Waals surface area (Å²) in [5.41, 5.74) is 2.53. The van der Waals surface area contributed by atoms with Gasteiger partial charge in [0.05, 0.1) is 6.04 Å². The fourth-order valence-corrected chi connectivity index (χ4v) is 6.32. The molecule has 2 aromatic carbocycles. The molecule has 1 N–H and O–H groups in total. The van der Waals surface area contributed by atoms with E-state index in [4.69, 9.17) is 4.52 Å². The molecule has 0 fully saturated rings. The van der Waals surface area contributed by atoms with E-state index < -0.39 is 17.9 Å². The van der Waals surface area contributed by atoms with Crippen LogP contribution in [-0.4, -0.2) is 32.0 Å². The maximum atomic E-state index is 13.0. The van der Waals surface area contributed by atoms with Crippen LogP contribution in [0.5, 0.6) is 0 Å². The standard InChI is InChI=1S/C33H41N3O4S/c1-3-5-6-7-8-9-10-11-12-20-30-34-31(40-35-30)25-17-15-16-24(21-25)28(4-2)36(32(37)33(38)39)22-26-23-41-29-19-14-13-18-27(26)29/h13-19,21,23,28H,3-12,20,22H2,1-2H3,(H,38,39). The Bertz CT molecular complexity index is 1410. The van der Waals surface area contributed by atoms with Gasteiger partial charge in [-0.15, -0.1) is 11.3 Å². The van der Waals surface area contributed by atoms with Crippen molar-refractivity contribution < 1.29 is 19.2 Å². The molecule has 0 saturated carbocycles. The van der Waals surface area contributed by atoms with E-state index in [1.165, 1.54) is 49.8 Å². The molecule has 4 rings (SSSR count). The normalized spacial score (nSPS) is 12.0. The van der Waals surface area contributed by atoms with Gasteiger partial charge in [-0.2, -0.15) is 4.98 Å². The Kier molecular flexibility index (Phi) is 11.5. The number of amides is 1. The molecule has 0 aliphatic heterocycles. The van der Waals surface area contributed by atoms with Gasteiger partial charge in [0.25, 0.3) is 5.89 Å². The van der Waals surface area contributed by atoms with E-state index in [-0.39, 0.29) is 6.54 Å². The van der Waals surface area contributed by atoms with Gasteiger partial charge < -0.3 is 14.5 Å². The lowest BCUT2D eigenvalue weighted by atomic mass is 9.99. The molecule has 1 amide bonds. The molecule has 4 aromatic rings. The summed E-state index contributed by atoms with van der Waals surface area (Å²) in [5, 5.41) is 16.9. The third-order valence-corrected chi connectivity index (χ3v) is 8.61. The average Bonchev–Trinajstić information content (AvgIpc) is 3.63. The minimum absolute atomic E-state index is 0.210. The molecule has 0 aliphatic carbocycles. The summed E-state index contributed by atoms with van der Waals surface area (Å²) in [7, 11) is 0. The highest BCUT2D eigenvalue weighted by molar-refractivity contribution is 7.17. The van der Waals surface area contributed by atoms with E-state index >= 15 is 0 Å². The number of hydrogen-bond acceptors (Lipinski definition) is 6. The first kappa shape index (κ1) is 30.4. The number of fused-ring (bicyclic) bond motifs is 1. The van der Waals surface area contributed by atoms with Crippen LogP contribution in [0.2, 0.25) is 0 Å². The predicted molar refractivity (Wildman–Crippen MR) is 164 cm³/mol. The number of aliphatic carboxylic acids is 1. The smallest absolute Gasteiger partial charge is 0.394 e. The molecule has 0 aliphatic rings. The number of carbonyl (C=O) groups is 2. The maximum absolute atomic E-state index is 13.0. The second kappa shape index (κ2) is 15.5. The minimum Gasteiger partial charge on any atom is -0.474 e. The van der Waals surface area contributed by atoms with Crippen molar-refractivity contribution in [2.45, 2.75) is 97.1 Å². The van der Waals surface area contributed by atoms with Gasteiger partial charge in [0, 0.05) is 23.2 Å². The third-order valence-electron chi connectivity index (χ3n) is 7.60. The summed E-state index contributed by atoms with van der Waals surface area (Å²) >= 11 is 1.59. The summed E-state index contributed by atoms with van der Waals surface area (Å²) in [4.78, 5) is 30.9. The lowest BCUT2D eigenvalue weighted by Crippen LogP contribution is -2.38. The lowest BCUT2D eigenvalue weighted by molar-refractivity contribution is -0.157. The maximum Gasteiger partial charge on any atom is 0.394 e. The first-order valence-corrected chi connectivity index (χ1v) is 15.8. The summed E-state index contributed by atoms with van der Waals surface area (Å²) in [6, 6.07) is 15.2. The van der Waals surface area contributed by atoms with Gasteiger partial charge in [-0.3, -0.25) is 4.79 Å². The summed E-state index contributed by atoms with van der Waals surface area (Å²) < 4.78 is 6.70. The third kappa shape index (κ3) is 8.26. The summed E-state index contributed by atoms with van der Waals surface area (Å²) in [6.45, 7) is 4.41. The van der Waals surface area contributed by atoms with Crippen LogP contribution in [0.25, 0.3) is 21.5 Å². The Morgan fingerprint density at radius 2 is 1.68 bits per heavy atom. The molecule has 41 heavy (non-hydrogen) atoms. The van der Waals surface area contributed by atoms with Crippen molar-refractivity contribution in [2.75, 3.05) is 0 Å². The fraction of sp³-hybridized carbons (Fsp3) is 0.455. The molecule has 218 valence electrons. The van der Waals surface area contributed by atoms with Gasteiger partial charge >= 0.3 is 11.9 Å². The zero-order chi connectivity index (χ0) is 29.0. The highest BCUT2D eigenvalue weighted by Crippen LogP contribution is 2.33. The fourth-order valence-electron chi connectivity index (χ4n) is 5.37. The Hall–Kier alpha value is -3.52. The number of carboxylic acids is 1. The molecular weight excluding hydrogens is 534 g/mol. The van der Waals surface area contributed by atoms with E-state index in [0.717, 1.165) is 46.0 Å². The molecule has 1 unspecified atom stereocenters. The number of carboxylic acid groups (broad SMARTS) is 1. The van der Waals surface area contributed by atoms with Crippen molar-refractivity contribution in [1.29, 1.82) is 0 Å². The van der Waals surface area contributed by atoms with Crippen LogP contribution in [0.15, 0.2) is 58.4 Å². The van der Waals surface area contributed by atoms with Crippen molar-refractivity contribution in [2.24, 2.45) is 0 Å². The molecule has 0 saturated heterocycles. The number of carbonyl (C=O) groups excluding carboxylic acids is 1. The average molecular weight is 576 g/mol. The number of hydrogen-bond donors (Lipinski definition) is 1. The van der Waals surface area contributed by atoms with E-state index in [2.05, 4.69) is 17.1 Å². The van der Waals surface area contributed by atoms with Crippen molar-refractivity contribution in [1.82, 2.24) is 15.0 Å². The van der Waals surface area contributed by atoms with E-state index in [0.29, 0.717) is 18.1 Å². The van der Waals surface area contributed by atoms with Crippen LogP contribution in [0.3, 0.4) is 0 Å². The van der Waals surface area contributed by atoms with Crippen LogP contribution < -0.4 is 0 Å². The quantitative estimate of drug-likeness (QED) is 0.106. The lowest BCUT2D eigenvalue weighted by Gasteiger charge is -2.30. The Labute approximate surface area is 246 Å². The Morgan fingerprint density at radius 3 is 2.41 bits per heavy atom. The highest BCUT2D eigenvalue weighted by atomic mass is 32.1. The van der Waals surface area contributed by atoms with Gasteiger partial charge in [-0.1, -0.05) is 101 Å². The molecule has 1 atom stereocenters. The molecule has 2 heterocycles. The number of nitrogens with zero attached hydrogens (tertiary/aromatic N) is 3. The first-order chi connectivity index (χ1) is 20.0. The van der Waals surface area contributed by atoms with Crippen LogP contribution in [0, 0.1) is 0 Å². The second-order valence-corrected chi connectivity index (χ2v) is 11.6. The number of aromatic nitrogens is 2. The van der Waals surface area contributed by atoms with E-state index in [1.807, 2.05) is 60.8 Å². The van der Waals surface area contributed by atoms with Crippen molar-refractivity contribution in [3.8, 4) is 11.5 Å². The molecule has 2 aromatic heterocycles.